The standard InChI is InChI=1S/C11H22BrNO/c1-11(2,3)14-8-7-13-6-4-5-10(12)9-13/h10H,4-9H2,1-3H3. The molecule has 1 unspecified atom stereocenters. The summed E-state index contributed by atoms with van der Waals surface area (Å²) in [4.78, 5) is 3.17. The predicted molar refractivity (Wildman–Crippen MR) is 64.1 cm³/mol. The van der Waals surface area contributed by atoms with Gasteiger partial charge in [0.25, 0.3) is 0 Å². The molecule has 0 N–H and O–H groups in total. The third kappa shape index (κ3) is 5.32. The molecule has 14 heavy (non-hydrogen) atoms. The van der Waals surface area contributed by atoms with Crippen LogP contribution in [0.3, 0.4) is 0 Å². The van der Waals surface area contributed by atoms with E-state index in [1.54, 1.807) is 0 Å². The van der Waals surface area contributed by atoms with Crippen LogP contribution in [-0.4, -0.2) is 41.6 Å². The summed E-state index contributed by atoms with van der Waals surface area (Å²) in [7, 11) is 0. The average Bonchev–Trinajstić information content (AvgIpc) is 2.01. The van der Waals surface area contributed by atoms with Crippen LogP contribution in [-0.2, 0) is 4.74 Å². The maximum Gasteiger partial charge on any atom is 0.0600 e. The Bertz CT molecular complexity index is 167. The molecule has 0 radical (unpaired) electrons. The SMILES string of the molecule is CC(C)(C)OCCN1CCCC(Br)C1. The van der Waals surface area contributed by atoms with Gasteiger partial charge in [0.15, 0.2) is 0 Å². The van der Waals surface area contributed by atoms with E-state index in [1.807, 2.05) is 0 Å². The number of hydrogen-bond donors (Lipinski definition) is 0. The van der Waals surface area contributed by atoms with E-state index in [1.165, 1.54) is 25.9 Å². The van der Waals surface area contributed by atoms with Crippen molar-refractivity contribution < 1.29 is 4.74 Å². The number of likely N-dealkylation sites (tertiary alicyclic amines) is 1. The van der Waals surface area contributed by atoms with E-state index >= 15 is 0 Å². The first-order chi connectivity index (χ1) is 6.47. The molecule has 1 saturated heterocycles. The molecule has 0 amide bonds. The first-order valence-corrected chi connectivity index (χ1v) is 6.39. The van der Waals surface area contributed by atoms with Crippen molar-refractivity contribution in [3.8, 4) is 0 Å². The van der Waals surface area contributed by atoms with E-state index in [-0.39, 0.29) is 5.60 Å². The molecule has 1 heterocycles. The number of halogens is 1. The summed E-state index contributed by atoms with van der Waals surface area (Å²) in [5.74, 6) is 0. The topological polar surface area (TPSA) is 12.5 Å². The second kappa shape index (κ2) is 5.47. The highest BCUT2D eigenvalue weighted by Crippen LogP contribution is 2.16. The summed E-state index contributed by atoms with van der Waals surface area (Å²) in [6.07, 6.45) is 2.63. The Balaban J connectivity index is 2.12. The van der Waals surface area contributed by atoms with Crippen LogP contribution in [0, 0.1) is 0 Å². The molecule has 1 rings (SSSR count). The predicted octanol–water partition coefficient (Wildman–Crippen LogP) is 2.66. The van der Waals surface area contributed by atoms with Gasteiger partial charge in [0.05, 0.1) is 12.2 Å². The quantitative estimate of drug-likeness (QED) is 0.727. The Kier molecular flexibility index (Phi) is 4.88. The van der Waals surface area contributed by atoms with E-state index in [2.05, 4.69) is 41.6 Å². The van der Waals surface area contributed by atoms with Crippen molar-refractivity contribution >= 4 is 15.9 Å². The maximum absolute atomic E-state index is 5.71. The van der Waals surface area contributed by atoms with Gasteiger partial charge in [-0.15, -0.1) is 0 Å². The summed E-state index contributed by atoms with van der Waals surface area (Å²) >= 11 is 3.68. The zero-order chi connectivity index (χ0) is 10.6. The second-order valence-electron chi connectivity index (χ2n) is 5.00. The molecule has 0 saturated carbocycles. The Morgan fingerprint density at radius 3 is 2.71 bits per heavy atom. The van der Waals surface area contributed by atoms with Gasteiger partial charge in [-0.1, -0.05) is 15.9 Å². The highest BCUT2D eigenvalue weighted by Gasteiger charge is 2.17. The van der Waals surface area contributed by atoms with Gasteiger partial charge in [0.2, 0.25) is 0 Å². The van der Waals surface area contributed by atoms with Crippen LogP contribution in [0.5, 0.6) is 0 Å². The molecular weight excluding hydrogens is 242 g/mol. The van der Waals surface area contributed by atoms with E-state index in [9.17, 15) is 0 Å². The smallest absolute Gasteiger partial charge is 0.0600 e. The third-order valence-electron chi connectivity index (χ3n) is 2.39. The fourth-order valence-electron chi connectivity index (χ4n) is 1.68. The fraction of sp³-hybridized carbons (Fsp3) is 1.00. The van der Waals surface area contributed by atoms with Crippen LogP contribution in [0.4, 0.5) is 0 Å². The zero-order valence-corrected chi connectivity index (χ0v) is 11.1. The lowest BCUT2D eigenvalue weighted by Crippen LogP contribution is -2.38. The van der Waals surface area contributed by atoms with Crippen molar-refractivity contribution in [1.29, 1.82) is 0 Å². The summed E-state index contributed by atoms with van der Waals surface area (Å²) in [5.41, 5.74) is 0.00356. The number of ether oxygens (including phenoxy) is 1. The van der Waals surface area contributed by atoms with E-state index in [0.717, 1.165) is 13.2 Å². The molecule has 0 aliphatic carbocycles. The number of rotatable bonds is 3. The van der Waals surface area contributed by atoms with Crippen molar-refractivity contribution in [2.45, 2.75) is 44.0 Å². The monoisotopic (exact) mass is 263 g/mol. The lowest BCUT2D eigenvalue weighted by Gasteiger charge is -2.30. The number of hydrogen-bond acceptors (Lipinski definition) is 2. The van der Waals surface area contributed by atoms with Crippen LogP contribution < -0.4 is 0 Å². The molecule has 0 aromatic carbocycles. The lowest BCUT2D eigenvalue weighted by molar-refractivity contribution is -0.0143. The maximum atomic E-state index is 5.71. The van der Waals surface area contributed by atoms with Gasteiger partial charge in [0.1, 0.15) is 0 Å². The number of alkyl halides is 1. The van der Waals surface area contributed by atoms with Crippen LogP contribution in [0.2, 0.25) is 0 Å². The molecule has 2 nitrogen and oxygen atoms in total. The van der Waals surface area contributed by atoms with Crippen molar-refractivity contribution in [3.63, 3.8) is 0 Å². The molecule has 3 heteroatoms. The Hall–Kier alpha value is 0.400. The Morgan fingerprint density at radius 2 is 2.14 bits per heavy atom. The molecule has 1 aliphatic rings. The lowest BCUT2D eigenvalue weighted by atomic mass is 10.1. The Morgan fingerprint density at radius 1 is 1.43 bits per heavy atom. The summed E-state index contributed by atoms with van der Waals surface area (Å²) < 4.78 is 5.71. The van der Waals surface area contributed by atoms with Crippen LogP contribution in [0.1, 0.15) is 33.6 Å². The van der Waals surface area contributed by atoms with Crippen LogP contribution in [0.15, 0.2) is 0 Å². The normalized spacial score (nSPS) is 25.3. The number of nitrogens with zero attached hydrogens (tertiary/aromatic N) is 1. The van der Waals surface area contributed by atoms with E-state index < -0.39 is 0 Å². The third-order valence-corrected chi connectivity index (χ3v) is 3.14. The highest BCUT2D eigenvalue weighted by molar-refractivity contribution is 9.09. The Labute approximate surface area is 96.1 Å². The number of piperidine rings is 1. The molecule has 0 spiro atoms. The van der Waals surface area contributed by atoms with Crippen LogP contribution in [0.25, 0.3) is 0 Å². The highest BCUT2D eigenvalue weighted by atomic mass is 79.9. The molecule has 1 fully saturated rings. The zero-order valence-electron chi connectivity index (χ0n) is 9.55. The summed E-state index contributed by atoms with van der Waals surface area (Å²) in [5, 5.41) is 0. The van der Waals surface area contributed by atoms with Gasteiger partial charge >= 0.3 is 0 Å². The van der Waals surface area contributed by atoms with Gasteiger partial charge in [0, 0.05) is 17.9 Å². The van der Waals surface area contributed by atoms with Crippen molar-refractivity contribution in [2.75, 3.05) is 26.2 Å². The second-order valence-corrected chi connectivity index (χ2v) is 6.30. The van der Waals surface area contributed by atoms with Gasteiger partial charge < -0.3 is 4.74 Å². The molecule has 1 atom stereocenters. The largest absolute Gasteiger partial charge is 0.375 e. The van der Waals surface area contributed by atoms with Crippen LogP contribution >= 0.6 is 15.9 Å². The van der Waals surface area contributed by atoms with Gasteiger partial charge in [-0.2, -0.15) is 0 Å². The van der Waals surface area contributed by atoms with Crippen molar-refractivity contribution in [3.05, 3.63) is 0 Å². The van der Waals surface area contributed by atoms with Gasteiger partial charge in [-0.05, 0) is 40.2 Å². The first-order valence-electron chi connectivity index (χ1n) is 5.48. The van der Waals surface area contributed by atoms with Crippen molar-refractivity contribution in [2.24, 2.45) is 0 Å². The molecule has 0 bridgehead atoms. The van der Waals surface area contributed by atoms with Crippen molar-refractivity contribution in [1.82, 2.24) is 4.90 Å². The summed E-state index contributed by atoms with van der Waals surface area (Å²) in [6, 6.07) is 0. The first kappa shape index (κ1) is 12.5. The fourth-order valence-corrected chi connectivity index (χ4v) is 2.42. The molecule has 0 aromatic rings. The molecule has 1 aliphatic heterocycles. The average molecular weight is 264 g/mol. The molecule has 0 aromatic heterocycles. The van der Waals surface area contributed by atoms with Gasteiger partial charge in [-0.3, -0.25) is 4.90 Å². The summed E-state index contributed by atoms with van der Waals surface area (Å²) in [6.45, 7) is 10.6. The van der Waals surface area contributed by atoms with Gasteiger partial charge in [-0.25, -0.2) is 0 Å². The minimum Gasteiger partial charge on any atom is -0.375 e. The van der Waals surface area contributed by atoms with E-state index in [0.29, 0.717) is 4.83 Å². The molecular formula is C11H22BrNO. The van der Waals surface area contributed by atoms with E-state index in [4.69, 9.17) is 4.74 Å². The molecule has 84 valence electrons. The minimum absolute atomic E-state index is 0.00356. The minimum atomic E-state index is 0.00356.